The summed E-state index contributed by atoms with van der Waals surface area (Å²) in [6, 6.07) is 5.00. The predicted octanol–water partition coefficient (Wildman–Crippen LogP) is 1.92. The molecule has 92 valence electrons. The number of hydrogen-bond acceptors (Lipinski definition) is 3. The average Bonchev–Trinajstić information content (AvgIpc) is 2.33. The molecular formula is C14H20N2O. The smallest absolute Gasteiger partial charge is 0.0941 e. The van der Waals surface area contributed by atoms with E-state index < -0.39 is 5.60 Å². The number of fused-ring (bicyclic) bond motifs is 2. The van der Waals surface area contributed by atoms with Crippen LogP contribution in [-0.4, -0.2) is 34.1 Å². The molecular weight excluding hydrogens is 212 g/mol. The van der Waals surface area contributed by atoms with Crippen molar-refractivity contribution in [1.29, 1.82) is 0 Å². The molecule has 2 aliphatic heterocycles. The van der Waals surface area contributed by atoms with E-state index in [0.717, 1.165) is 18.4 Å². The summed E-state index contributed by atoms with van der Waals surface area (Å²) in [4.78, 5) is 6.61. The molecule has 3 nitrogen and oxygen atoms in total. The van der Waals surface area contributed by atoms with E-state index in [1.165, 1.54) is 19.3 Å². The number of hydrogen-bond donors (Lipinski definition) is 1. The first-order valence-corrected chi connectivity index (χ1v) is 6.54. The fourth-order valence-corrected chi connectivity index (χ4v) is 3.52. The molecule has 0 radical (unpaired) electrons. The Labute approximate surface area is 102 Å². The van der Waals surface area contributed by atoms with E-state index in [4.69, 9.17) is 0 Å². The fraction of sp³-hybridized carbons (Fsp3) is 0.643. The Morgan fingerprint density at radius 1 is 1.35 bits per heavy atom. The molecule has 3 heterocycles. The van der Waals surface area contributed by atoms with E-state index >= 15 is 0 Å². The maximum absolute atomic E-state index is 10.9. The van der Waals surface area contributed by atoms with Crippen molar-refractivity contribution in [2.45, 2.75) is 49.8 Å². The zero-order chi connectivity index (χ0) is 11.9. The maximum Gasteiger partial charge on any atom is 0.0941 e. The van der Waals surface area contributed by atoms with Gasteiger partial charge in [0.2, 0.25) is 0 Å². The summed E-state index contributed by atoms with van der Waals surface area (Å²) in [5.74, 6) is 0. The van der Waals surface area contributed by atoms with E-state index in [0.29, 0.717) is 12.1 Å². The first-order chi connectivity index (χ1) is 8.19. The molecule has 1 N–H and O–H groups in total. The fourth-order valence-electron chi connectivity index (χ4n) is 3.52. The minimum atomic E-state index is -0.656. The minimum absolute atomic E-state index is 0.535. The van der Waals surface area contributed by atoms with Crippen LogP contribution in [0.1, 0.15) is 37.7 Å². The lowest BCUT2D eigenvalue weighted by molar-refractivity contribution is -0.0876. The number of nitrogens with zero attached hydrogens (tertiary/aromatic N) is 2. The minimum Gasteiger partial charge on any atom is -0.385 e. The second-order valence-electron chi connectivity index (χ2n) is 5.59. The molecule has 2 fully saturated rings. The van der Waals surface area contributed by atoms with Crippen LogP contribution < -0.4 is 0 Å². The molecule has 2 aliphatic rings. The molecule has 0 aromatic carbocycles. The Kier molecular flexibility index (Phi) is 2.68. The van der Waals surface area contributed by atoms with Gasteiger partial charge in [0.25, 0.3) is 0 Å². The van der Waals surface area contributed by atoms with E-state index in [1.54, 1.807) is 6.20 Å². The summed E-state index contributed by atoms with van der Waals surface area (Å²) in [5.41, 5.74) is 0.335. The third-order valence-corrected chi connectivity index (χ3v) is 4.57. The molecule has 3 atom stereocenters. The van der Waals surface area contributed by atoms with Crippen LogP contribution in [0.25, 0.3) is 0 Å². The number of pyridine rings is 1. The van der Waals surface area contributed by atoms with Crippen LogP contribution >= 0.6 is 0 Å². The van der Waals surface area contributed by atoms with E-state index in [2.05, 4.69) is 16.9 Å². The van der Waals surface area contributed by atoms with Crippen molar-refractivity contribution in [3.8, 4) is 0 Å². The van der Waals surface area contributed by atoms with Crippen LogP contribution in [0.2, 0.25) is 0 Å². The quantitative estimate of drug-likeness (QED) is 0.803. The molecule has 1 aromatic heterocycles. The normalized spacial score (nSPS) is 38.0. The number of rotatable bonds is 1. The molecule has 0 saturated carbocycles. The SMILES string of the molecule is CN1[C@@H]2CCC[C@H]1CC(O)(c1cccnc1)C2. The summed E-state index contributed by atoms with van der Waals surface area (Å²) >= 11 is 0. The van der Waals surface area contributed by atoms with Gasteiger partial charge in [-0.2, -0.15) is 0 Å². The van der Waals surface area contributed by atoms with Crippen molar-refractivity contribution in [3.05, 3.63) is 30.1 Å². The van der Waals surface area contributed by atoms with Crippen LogP contribution in [0.5, 0.6) is 0 Å². The second kappa shape index (κ2) is 4.07. The van der Waals surface area contributed by atoms with Gasteiger partial charge in [-0.1, -0.05) is 12.5 Å². The molecule has 2 saturated heterocycles. The van der Waals surface area contributed by atoms with Crippen LogP contribution in [-0.2, 0) is 5.60 Å². The van der Waals surface area contributed by atoms with Crippen molar-refractivity contribution in [2.24, 2.45) is 0 Å². The van der Waals surface area contributed by atoms with Crippen molar-refractivity contribution in [3.63, 3.8) is 0 Å². The Morgan fingerprint density at radius 3 is 2.65 bits per heavy atom. The molecule has 0 amide bonds. The zero-order valence-electron chi connectivity index (χ0n) is 10.3. The zero-order valence-corrected chi connectivity index (χ0v) is 10.3. The highest BCUT2D eigenvalue weighted by molar-refractivity contribution is 5.21. The van der Waals surface area contributed by atoms with Gasteiger partial charge in [0, 0.05) is 30.0 Å². The lowest BCUT2D eigenvalue weighted by atomic mass is 9.73. The van der Waals surface area contributed by atoms with Crippen LogP contribution in [0.4, 0.5) is 0 Å². The van der Waals surface area contributed by atoms with Gasteiger partial charge in [-0.3, -0.25) is 4.98 Å². The Hall–Kier alpha value is -0.930. The monoisotopic (exact) mass is 232 g/mol. The van der Waals surface area contributed by atoms with Gasteiger partial charge in [-0.05, 0) is 38.8 Å². The van der Waals surface area contributed by atoms with Gasteiger partial charge in [0.15, 0.2) is 0 Å². The van der Waals surface area contributed by atoms with Gasteiger partial charge in [-0.25, -0.2) is 0 Å². The van der Waals surface area contributed by atoms with E-state index in [1.807, 2.05) is 18.3 Å². The highest BCUT2D eigenvalue weighted by atomic mass is 16.3. The molecule has 2 bridgehead atoms. The van der Waals surface area contributed by atoms with Gasteiger partial charge >= 0.3 is 0 Å². The highest BCUT2D eigenvalue weighted by Crippen LogP contribution is 2.43. The summed E-state index contributed by atoms with van der Waals surface area (Å²) in [5, 5.41) is 10.9. The molecule has 0 spiro atoms. The third kappa shape index (κ3) is 1.87. The van der Waals surface area contributed by atoms with Crippen molar-refractivity contribution < 1.29 is 5.11 Å². The Balaban J connectivity index is 1.90. The molecule has 17 heavy (non-hydrogen) atoms. The second-order valence-corrected chi connectivity index (χ2v) is 5.59. The summed E-state index contributed by atoms with van der Waals surface area (Å²) < 4.78 is 0. The molecule has 1 unspecified atom stereocenters. The first kappa shape index (κ1) is 11.2. The summed E-state index contributed by atoms with van der Waals surface area (Å²) in [6.45, 7) is 0. The average molecular weight is 232 g/mol. The van der Waals surface area contributed by atoms with E-state index in [-0.39, 0.29) is 0 Å². The number of aliphatic hydroxyl groups is 1. The highest BCUT2D eigenvalue weighted by Gasteiger charge is 2.44. The van der Waals surface area contributed by atoms with Gasteiger partial charge in [-0.15, -0.1) is 0 Å². The van der Waals surface area contributed by atoms with Crippen molar-refractivity contribution >= 4 is 0 Å². The van der Waals surface area contributed by atoms with Crippen molar-refractivity contribution in [1.82, 2.24) is 9.88 Å². The Bertz CT molecular complexity index is 378. The maximum atomic E-state index is 10.9. The number of aromatic nitrogens is 1. The molecule has 1 aromatic rings. The van der Waals surface area contributed by atoms with Crippen LogP contribution in [0, 0.1) is 0 Å². The van der Waals surface area contributed by atoms with Crippen LogP contribution in [0.15, 0.2) is 24.5 Å². The lowest BCUT2D eigenvalue weighted by Crippen LogP contribution is -2.55. The van der Waals surface area contributed by atoms with Crippen LogP contribution in [0.3, 0.4) is 0 Å². The summed E-state index contributed by atoms with van der Waals surface area (Å²) in [7, 11) is 2.21. The topological polar surface area (TPSA) is 36.4 Å². The van der Waals surface area contributed by atoms with Gasteiger partial charge in [0.05, 0.1) is 5.60 Å². The molecule has 3 rings (SSSR count). The van der Waals surface area contributed by atoms with Gasteiger partial charge in [0.1, 0.15) is 0 Å². The predicted molar refractivity (Wildman–Crippen MR) is 66.6 cm³/mol. The first-order valence-electron chi connectivity index (χ1n) is 6.54. The number of piperidine rings is 2. The third-order valence-electron chi connectivity index (χ3n) is 4.57. The Morgan fingerprint density at radius 2 is 2.06 bits per heavy atom. The lowest BCUT2D eigenvalue weighted by Gasteiger charge is -2.50. The molecule has 0 aliphatic carbocycles. The van der Waals surface area contributed by atoms with E-state index in [9.17, 15) is 5.11 Å². The van der Waals surface area contributed by atoms with Crippen molar-refractivity contribution in [2.75, 3.05) is 7.05 Å². The standard InChI is InChI=1S/C14H20N2O/c1-16-12-5-2-6-13(16)9-14(17,8-12)11-4-3-7-15-10-11/h3-4,7,10,12-13,17H,2,5-6,8-9H2,1H3/t12-,13+,14?. The molecule has 3 heteroatoms. The largest absolute Gasteiger partial charge is 0.385 e. The van der Waals surface area contributed by atoms with Gasteiger partial charge < -0.3 is 10.0 Å². The summed E-state index contributed by atoms with van der Waals surface area (Å²) in [6.07, 6.45) is 9.04.